The maximum absolute atomic E-state index is 12.5. The van der Waals surface area contributed by atoms with Crippen LogP contribution in [0.2, 0.25) is 0 Å². The Balaban J connectivity index is 1.86. The van der Waals surface area contributed by atoms with Crippen LogP contribution in [0.1, 0.15) is 19.4 Å². The minimum atomic E-state index is -0.766. The number of nitrogens with one attached hydrogen (secondary N) is 1. The van der Waals surface area contributed by atoms with Crippen LogP contribution in [0.25, 0.3) is 10.9 Å². The molecular weight excluding hydrogens is 362 g/mol. The number of aromatic amines is 1. The van der Waals surface area contributed by atoms with Gasteiger partial charge >= 0.3 is 11.7 Å². The molecule has 1 N–H and O–H groups in total. The number of para-hydroxylation sites is 1. The fraction of sp³-hybridized carbons (Fsp3) is 0.200. The molecule has 0 aliphatic rings. The molecule has 0 aliphatic carbocycles. The molecule has 1 aromatic heterocycles. The maximum Gasteiger partial charge on any atom is 0.349 e. The average molecular weight is 381 g/mol. The molecule has 8 nitrogen and oxygen atoms in total. The van der Waals surface area contributed by atoms with E-state index in [1.165, 1.54) is 6.21 Å². The molecule has 0 unspecified atom stereocenters. The number of H-pyrrole nitrogens is 1. The number of benzene rings is 2. The third kappa shape index (κ3) is 4.17. The number of nitrogens with zero attached hydrogens (tertiary/aromatic N) is 2. The standard InChI is InChI=1S/C20H19N3O5/c1-3-27-19(25)13(2)28-15-8-6-7-14(11-15)12-21-23-18(24)16-9-4-5-10-17(16)22-20(23)26/h4-13H,3H2,1-2H3,(H,22,26)/t13-/m0/s1. The van der Waals surface area contributed by atoms with Gasteiger partial charge in [0.05, 0.1) is 23.7 Å². The van der Waals surface area contributed by atoms with Crippen LogP contribution in [0.5, 0.6) is 5.75 Å². The van der Waals surface area contributed by atoms with Gasteiger partial charge in [0.2, 0.25) is 0 Å². The van der Waals surface area contributed by atoms with Gasteiger partial charge in [-0.05, 0) is 43.7 Å². The van der Waals surface area contributed by atoms with Crippen LogP contribution >= 0.6 is 0 Å². The van der Waals surface area contributed by atoms with Crippen molar-refractivity contribution in [2.24, 2.45) is 5.10 Å². The molecule has 2 aromatic carbocycles. The van der Waals surface area contributed by atoms with Crippen LogP contribution in [0, 0.1) is 0 Å². The van der Waals surface area contributed by atoms with Gasteiger partial charge in [0, 0.05) is 0 Å². The smallest absolute Gasteiger partial charge is 0.349 e. The number of rotatable bonds is 6. The van der Waals surface area contributed by atoms with Gasteiger partial charge in [-0.1, -0.05) is 24.3 Å². The molecular formula is C20H19N3O5. The Bertz CT molecular complexity index is 1150. The highest BCUT2D eigenvalue weighted by atomic mass is 16.6. The van der Waals surface area contributed by atoms with E-state index in [-0.39, 0.29) is 6.61 Å². The van der Waals surface area contributed by atoms with Gasteiger partial charge in [0.1, 0.15) is 5.75 Å². The first-order chi connectivity index (χ1) is 13.5. The number of fused-ring (bicyclic) bond motifs is 1. The van der Waals surface area contributed by atoms with Gasteiger partial charge in [-0.2, -0.15) is 5.10 Å². The van der Waals surface area contributed by atoms with E-state index < -0.39 is 23.3 Å². The zero-order chi connectivity index (χ0) is 20.1. The summed E-state index contributed by atoms with van der Waals surface area (Å²) in [6.45, 7) is 3.58. The third-order valence-electron chi connectivity index (χ3n) is 3.90. The molecule has 1 atom stereocenters. The van der Waals surface area contributed by atoms with E-state index in [0.717, 1.165) is 4.68 Å². The molecule has 0 spiro atoms. The Kier molecular flexibility index (Phi) is 5.69. The Labute approximate surface area is 160 Å². The molecule has 0 fully saturated rings. The van der Waals surface area contributed by atoms with Gasteiger partial charge in [0.15, 0.2) is 6.10 Å². The molecule has 0 radical (unpaired) electrons. The van der Waals surface area contributed by atoms with Gasteiger partial charge in [-0.15, -0.1) is 4.68 Å². The summed E-state index contributed by atoms with van der Waals surface area (Å²) in [4.78, 5) is 38.9. The van der Waals surface area contributed by atoms with Crippen molar-refractivity contribution < 1.29 is 14.3 Å². The van der Waals surface area contributed by atoms with Crippen LogP contribution in [0.4, 0.5) is 0 Å². The monoisotopic (exact) mass is 381 g/mol. The maximum atomic E-state index is 12.5. The number of esters is 1. The third-order valence-corrected chi connectivity index (χ3v) is 3.90. The topological polar surface area (TPSA) is 103 Å². The predicted molar refractivity (Wildman–Crippen MR) is 105 cm³/mol. The van der Waals surface area contributed by atoms with Crippen LogP contribution in [-0.4, -0.2) is 34.6 Å². The fourth-order valence-electron chi connectivity index (χ4n) is 2.56. The Morgan fingerprint density at radius 1 is 1.21 bits per heavy atom. The number of hydrogen-bond donors (Lipinski definition) is 1. The second-order valence-electron chi connectivity index (χ2n) is 5.92. The van der Waals surface area contributed by atoms with Crippen molar-refractivity contribution >= 4 is 23.1 Å². The Morgan fingerprint density at radius 2 is 2.00 bits per heavy atom. The summed E-state index contributed by atoms with van der Waals surface area (Å²) in [7, 11) is 0. The largest absolute Gasteiger partial charge is 0.479 e. The van der Waals surface area contributed by atoms with Crippen molar-refractivity contribution in [3.63, 3.8) is 0 Å². The summed E-state index contributed by atoms with van der Waals surface area (Å²) < 4.78 is 11.2. The van der Waals surface area contributed by atoms with E-state index in [2.05, 4.69) is 10.1 Å². The SMILES string of the molecule is CCOC(=O)[C@H](C)Oc1cccc(C=Nn2c(=O)[nH]c3ccccc3c2=O)c1. The molecule has 3 aromatic rings. The molecule has 3 rings (SSSR count). The van der Waals surface area contributed by atoms with Crippen LogP contribution < -0.4 is 16.0 Å². The van der Waals surface area contributed by atoms with Crippen molar-refractivity contribution in [1.82, 2.24) is 9.66 Å². The van der Waals surface area contributed by atoms with Crippen molar-refractivity contribution in [2.75, 3.05) is 6.61 Å². The molecule has 28 heavy (non-hydrogen) atoms. The lowest BCUT2D eigenvalue weighted by molar-refractivity contribution is -0.150. The summed E-state index contributed by atoms with van der Waals surface area (Å²) in [6, 6.07) is 13.5. The van der Waals surface area contributed by atoms with Crippen molar-refractivity contribution in [1.29, 1.82) is 0 Å². The van der Waals surface area contributed by atoms with E-state index >= 15 is 0 Å². The minimum absolute atomic E-state index is 0.272. The van der Waals surface area contributed by atoms with Crippen LogP contribution in [0.3, 0.4) is 0 Å². The summed E-state index contributed by atoms with van der Waals surface area (Å²) >= 11 is 0. The molecule has 8 heteroatoms. The molecule has 0 amide bonds. The second kappa shape index (κ2) is 8.34. The number of carbonyl (C=O) groups is 1. The molecule has 0 bridgehead atoms. The number of carbonyl (C=O) groups excluding carboxylic acids is 1. The lowest BCUT2D eigenvalue weighted by atomic mass is 10.2. The quantitative estimate of drug-likeness (QED) is 0.519. The first-order valence-electron chi connectivity index (χ1n) is 8.71. The van der Waals surface area contributed by atoms with Gasteiger partial charge < -0.3 is 14.5 Å². The van der Waals surface area contributed by atoms with Gasteiger partial charge in [-0.25, -0.2) is 9.59 Å². The summed E-state index contributed by atoms with van der Waals surface area (Å²) in [6.07, 6.45) is 0.603. The molecule has 0 saturated heterocycles. The lowest BCUT2D eigenvalue weighted by Gasteiger charge is -2.13. The van der Waals surface area contributed by atoms with Crippen molar-refractivity contribution in [3.05, 3.63) is 74.9 Å². The van der Waals surface area contributed by atoms with Crippen molar-refractivity contribution in [3.8, 4) is 5.75 Å². The van der Waals surface area contributed by atoms with E-state index in [0.29, 0.717) is 22.2 Å². The lowest BCUT2D eigenvalue weighted by Crippen LogP contribution is -2.32. The van der Waals surface area contributed by atoms with E-state index in [4.69, 9.17) is 9.47 Å². The second-order valence-corrected chi connectivity index (χ2v) is 5.92. The summed E-state index contributed by atoms with van der Waals surface area (Å²) in [5, 5.41) is 4.36. The number of ether oxygens (including phenoxy) is 2. The normalized spacial score (nSPS) is 12.2. The molecule has 1 heterocycles. The predicted octanol–water partition coefficient (Wildman–Crippen LogP) is 1.90. The van der Waals surface area contributed by atoms with E-state index in [9.17, 15) is 14.4 Å². The van der Waals surface area contributed by atoms with Gasteiger partial charge in [-0.3, -0.25) is 4.79 Å². The first-order valence-corrected chi connectivity index (χ1v) is 8.71. The number of aromatic nitrogens is 2. The fourth-order valence-corrected chi connectivity index (χ4v) is 2.56. The number of hydrogen-bond acceptors (Lipinski definition) is 6. The van der Waals surface area contributed by atoms with E-state index in [1.807, 2.05) is 0 Å². The Morgan fingerprint density at radius 3 is 2.79 bits per heavy atom. The van der Waals surface area contributed by atoms with E-state index in [1.54, 1.807) is 62.4 Å². The summed E-state index contributed by atoms with van der Waals surface area (Å²) in [5.41, 5.74) is -0.109. The first kappa shape index (κ1) is 19.1. The highest BCUT2D eigenvalue weighted by Gasteiger charge is 2.15. The summed E-state index contributed by atoms with van der Waals surface area (Å²) in [5.74, 6) is -0.0277. The zero-order valence-electron chi connectivity index (χ0n) is 15.4. The Hall–Kier alpha value is -3.68. The average Bonchev–Trinajstić information content (AvgIpc) is 2.68. The molecule has 0 aliphatic heterocycles. The van der Waals surface area contributed by atoms with Crippen LogP contribution in [0.15, 0.2) is 63.2 Å². The van der Waals surface area contributed by atoms with Crippen LogP contribution in [-0.2, 0) is 9.53 Å². The highest BCUT2D eigenvalue weighted by Crippen LogP contribution is 2.14. The van der Waals surface area contributed by atoms with Gasteiger partial charge in [0.25, 0.3) is 5.56 Å². The zero-order valence-corrected chi connectivity index (χ0v) is 15.4. The highest BCUT2D eigenvalue weighted by molar-refractivity contribution is 5.81. The minimum Gasteiger partial charge on any atom is -0.479 e. The molecule has 144 valence electrons. The van der Waals surface area contributed by atoms with Crippen molar-refractivity contribution in [2.45, 2.75) is 20.0 Å². The molecule has 0 saturated carbocycles.